The molecule has 0 saturated carbocycles. The predicted octanol–water partition coefficient (Wildman–Crippen LogP) is -0.507. The van der Waals surface area contributed by atoms with Gasteiger partial charge in [0.15, 0.2) is 0 Å². The van der Waals surface area contributed by atoms with Crippen LogP contribution in [0.25, 0.3) is 0 Å². The number of nitrogens with one attached hydrogen (secondary N) is 1. The van der Waals surface area contributed by atoms with Gasteiger partial charge in [-0.1, -0.05) is 0 Å². The molecule has 0 aliphatic carbocycles. The summed E-state index contributed by atoms with van der Waals surface area (Å²) in [6.07, 6.45) is 0.202. The minimum atomic E-state index is -0.441. The van der Waals surface area contributed by atoms with Crippen LogP contribution in [0.4, 0.5) is 0 Å². The molecule has 1 aliphatic rings. The minimum absolute atomic E-state index is 0.149. The summed E-state index contributed by atoms with van der Waals surface area (Å²) < 4.78 is 0. The molecular formula is C9H13N3O2. The zero-order valence-electron chi connectivity index (χ0n) is 8.28. The molecule has 1 N–H and O–H groups in total. The van der Waals surface area contributed by atoms with Crippen molar-refractivity contribution in [1.82, 2.24) is 10.2 Å². The van der Waals surface area contributed by atoms with E-state index >= 15 is 0 Å². The van der Waals surface area contributed by atoms with Crippen molar-refractivity contribution >= 4 is 11.8 Å². The van der Waals surface area contributed by atoms with Gasteiger partial charge in [0.1, 0.15) is 0 Å². The molecule has 1 rings (SSSR count). The monoisotopic (exact) mass is 195 g/mol. The second-order valence-electron chi connectivity index (χ2n) is 3.49. The van der Waals surface area contributed by atoms with E-state index in [0.717, 1.165) is 4.90 Å². The highest BCUT2D eigenvalue weighted by Gasteiger charge is 2.35. The predicted molar refractivity (Wildman–Crippen MR) is 49.0 cm³/mol. The van der Waals surface area contributed by atoms with Gasteiger partial charge < -0.3 is 5.32 Å². The zero-order chi connectivity index (χ0) is 10.7. The minimum Gasteiger partial charge on any atom is -0.304 e. The molecule has 0 radical (unpaired) electrons. The molecule has 0 aromatic carbocycles. The first kappa shape index (κ1) is 10.7. The first-order valence-corrected chi connectivity index (χ1v) is 4.49. The maximum Gasteiger partial charge on any atom is 0.246 e. The van der Waals surface area contributed by atoms with Crippen molar-refractivity contribution in [3.63, 3.8) is 0 Å². The van der Waals surface area contributed by atoms with Gasteiger partial charge in [0.05, 0.1) is 24.4 Å². The molecule has 0 spiro atoms. The second-order valence-corrected chi connectivity index (χ2v) is 3.49. The van der Waals surface area contributed by atoms with Gasteiger partial charge in [-0.05, 0) is 6.92 Å². The normalized spacial score (nSPS) is 23.8. The molecule has 2 amide bonds. The lowest BCUT2D eigenvalue weighted by atomic mass is 10.2. The van der Waals surface area contributed by atoms with Crippen LogP contribution in [0, 0.1) is 17.2 Å². The summed E-state index contributed by atoms with van der Waals surface area (Å²) in [4.78, 5) is 23.6. The summed E-state index contributed by atoms with van der Waals surface area (Å²) in [5, 5.41) is 11.4. The maximum atomic E-state index is 11.4. The van der Waals surface area contributed by atoms with Gasteiger partial charge in [-0.2, -0.15) is 5.26 Å². The fourth-order valence-electron chi connectivity index (χ4n) is 1.28. The lowest BCUT2D eigenvalue weighted by Crippen LogP contribution is -2.38. The third-order valence-corrected chi connectivity index (χ3v) is 2.27. The molecule has 5 nitrogen and oxygen atoms in total. The molecule has 1 aliphatic heterocycles. The molecule has 2 atom stereocenters. The van der Waals surface area contributed by atoms with Gasteiger partial charge >= 0.3 is 0 Å². The van der Waals surface area contributed by atoms with Gasteiger partial charge in [0.2, 0.25) is 11.8 Å². The average Bonchev–Trinajstić information content (AvgIpc) is 2.42. The van der Waals surface area contributed by atoms with E-state index in [1.54, 1.807) is 6.92 Å². The van der Waals surface area contributed by atoms with Crippen molar-refractivity contribution in [2.24, 2.45) is 5.92 Å². The number of rotatable bonds is 3. The summed E-state index contributed by atoms with van der Waals surface area (Å²) in [6, 6.07) is 1.61. The number of likely N-dealkylation sites (N-methyl/N-ethyl adjacent to an activating group) is 1. The lowest BCUT2D eigenvalue weighted by molar-refractivity contribution is -0.137. The van der Waals surface area contributed by atoms with Crippen LogP contribution in [0.5, 0.6) is 0 Å². The van der Waals surface area contributed by atoms with E-state index in [1.165, 1.54) is 7.05 Å². The lowest BCUT2D eigenvalue weighted by Gasteiger charge is -2.11. The Labute approximate surface area is 82.7 Å². The van der Waals surface area contributed by atoms with Gasteiger partial charge in [0, 0.05) is 13.6 Å². The van der Waals surface area contributed by atoms with Crippen molar-refractivity contribution in [2.45, 2.75) is 19.4 Å². The number of hydrogen-bond acceptors (Lipinski definition) is 4. The Morgan fingerprint density at radius 1 is 1.71 bits per heavy atom. The van der Waals surface area contributed by atoms with E-state index < -0.39 is 6.04 Å². The molecule has 76 valence electrons. The highest BCUT2D eigenvalue weighted by atomic mass is 16.2. The third kappa shape index (κ3) is 2.09. The number of carbonyl (C=O) groups is 2. The average molecular weight is 195 g/mol. The molecule has 14 heavy (non-hydrogen) atoms. The maximum absolute atomic E-state index is 11.4. The van der Waals surface area contributed by atoms with Crippen LogP contribution in [0.1, 0.15) is 13.3 Å². The zero-order valence-corrected chi connectivity index (χ0v) is 8.28. The summed E-state index contributed by atoms with van der Waals surface area (Å²) in [5.41, 5.74) is 0. The smallest absolute Gasteiger partial charge is 0.246 e. The van der Waals surface area contributed by atoms with Gasteiger partial charge in [-0.15, -0.1) is 0 Å². The molecule has 1 saturated heterocycles. The Morgan fingerprint density at radius 2 is 2.36 bits per heavy atom. The van der Waals surface area contributed by atoms with E-state index in [9.17, 15) is 9.59 Å². The SMILES string of the molecule is CC(C#N)CNC1CC(=O)N(C)C1=O. The van der Waals surface area contributed by atoms with Crippen molar-refractivity contribution < 1.29 is 9.59 Å². The highest BCUT2D eigenvalue weighted by Crippen LogP contribution is 2.10. The standard InChI is InChI=1S/C9H13N3O2/c1-6(4-10)5-11-7-3-8(13)12(2)9(7)14/h6-7,11H,3,5H2,1-2H3. The van der Waals surface area contributed by atoms with Crippen molar-refractivity contribution in [1.29, 1.82) is 5.26 Å². The highest BCUT2D eigenvalue weighted by molar-refractivity contribution is 6.05. The van der Waals surface area contributed by atoms with E-state index in [0.29, 0.717) is 6.54 Å². The van der Waals surface area contributed by atoms with Gasteiger partial charge in [0.25, 0.3) is 0 Å². The Hall–Kier alpha value is -1.41. The fraction of sp³-hybridized carbons (Fsp3) is 0.667. The second kappa shape index (κ2) is 4.20. The molecular weight excluding hydrogens is 182 g/mol. The quantitative estimate of drug-likeness (QED) is 0.616. The van der Waals surface area contributed by atoms with E-state index in [1.807, 2.05) is 0 Å². The largest absolute Gasteiger partial charge is 0.304 e. The fourth-order valence-corrected chi connectivity index (χ4v) is 1.28. The van der Waals surface area contributed by atoms with Crippen LogP contribution in [0.15, 0.2) is 0 Å². The van der Waals surface area contributed by atoms with Crippen molar-refractivity contribution in [3.8, 4) is 6.07 Å². The molecule has 5 heteroatoms. The molecule has 2 unspecified atom stereocenters. The molecule has 1 fully saturated rings. The van der Waals surface area contributed by atoms with Crippen molar-refractivity contribution in [2.75, 3.05) is 13.6 Å². The number of nitriles is 1. The summed E-state index contributed by atoms with van der Waals surface area (Å²) in [5.74, 6) is -0.527. The van der Waals surface area contributed by atoms with Crippen LogP contribution < -0.4 is 5.32 Å². The molecule has 0 aromatic rings. The number of carbonyl (C=O) groups excluding carboxylic acids is 2. The Morgan fingerprint density at radius 3 is 2.79 bits per heavy atom. The molecule has 0 bridgehead atoms. The number of amides is 2. The summed E-state index contributed by atoms with van der Waals surface area (Å²) >= 11 is 0. The molecule has 0 aromatic heterocycles. The summed E-state index contributed by atoms with van der Waals surface area (Å²) in [6.45, 7) is 2.20. The van der Waals surface area contributed by atoms with Gasteiger partial charge in [-0.25, -0.2) is 0 Å². The van der Waals surface area contributed by atoms with Crippen LogP contribution in [-0.4, -0.2) is 36.3 Å². The van der Waals surface area contributed by atoms with Crippen LogP contribution in [0.2, 0.25) is 0 Å². The van der Waals surface area contributed by atoms with E-state index in [2.05, 4.69) is 11.4 Å². The van der Waals surface area contributed by atoms with E-state index in [-0.39, 0.29) is 24.2 Å². The Bertz CT molecular complexity index is 295. The third-order valence-electron chi connectivity index (χ3n) is 2.27. The van der Waals surface area contributed by atoms with Gasteiger partial charge in [-0.3, -0.25) is 14.5 Å². The first-order chi connectivity index (χ1) is 6.56. The van der Waals surface area contributed by atoms with Crippen LogP contribution >= 0.6 is 0 Å². The topological polar surface area (TPSA) is 73.2 Å². The first-order valence-electron chi connectivity index (χ1n) is 4.49. The van der Waals surface area contributed by atoms with Crippen molar-refractivity contribution in [3.05, 3.63) is 0 Å². The van der Waals surface area contributed by atoms with Crippen LogP contribution in [0.3, 0.4) is 0 Å². The number of hydrogen-bond donors (Lipinski definition) is 1. The van der Waals surface area contributed by atoms with E-state index in [4.69, 9.17) is 5.26 Å². The number of imide groups is 1. The Balaban J connectivity index is 2.45. The summed E-state index contributed by atoms with van der Waals surface area (Å²) in [7, 11) is 1.47. The molecule has 1 heterocycles. The number of nitrogens with zero attached hydrogens (tertiary/aromatic N) is 2. The Kier molecular flexibility index (Phi) is 3.20. The number of likely N-dealkylation sites (tertiary alicyclic amines) is 1. The van der Waals surface area contributed by atoms with Crippen LogP contribution in [-0.2, 0) is 9.59 Å².